The molecule has 0 aromatic heterocycles. The first-order valence-corrected chi connectivity index (χ1v) is 14.9. The monoisotopic (exact) mass is 590 g/mol. The third kappa shape index (κ3) is 6.07. The Kier molecular flexibility index (Phi) is 8.97. The molecule has 7 nitrogen and oxygen atoms in total. The number of hydrogen-bond acceptors (Lipinski definition) is 6. The van der Waals surface area contributed by atoms with Gasteiger partial charge < -0.3 is 24.0 Å². The van der Waals surface area contributed by atoms with Crippen LogP contribution in [0.25, 0.3) is 0 Å². The average Bonchev–Trinajstić information content (AvgIpc) is 3.00. The van der Waals surface area contributed by atoms with E-state index in [0.29, 0.717) is 22.6 Å². The minimum absolute atomic E-state index is 0.00395. The lowest BCUT2D eigenvalue weighted by atomic mass is 9.85. The highest BCUT2D eigenvalue weighted by molar-refractivity contribution is 6.30. The van der Waals surface area contributed by atoms with Gasteiger partial charge in [0.15, 0.2) is 11.5 Å². The van der Waals surface area contributed by atoms with E-state index in [0.717, 1.165) is 53.7 Å². The van der Waals surface area contributed by atoms with Crippen LogP contribution in [-0.4, -0.2) is 45.3 Å². The molecule has 2 aliphatic rings. The van der Waals surface area contributed by atoms with Crippen LogP contribution in [-0.2, 0) is 20.7 Å². The largest absolute Gasteiger partial charge is 0.493 e. The van der Waals surface area contributed by atoms with Gasteiger partial charge in [0.2, 0.25) is 5.91 Å². The van der Waals surface area contributed by atoms with Crippen molar-refractivity contribution in [2.45, 2.75) is 64.1 Å². The molecule has 1 saturated carbocycles. The molecule has 0 N–H and O–H groups in total. The molecule has 0 radical (unpaired) electrons. The van der Waals surface area contributed by atoms with E-state index in [1.807, 2.05) is 67.3 Å². The van der Waals surface area contributed by atoms with E-state index in [1.165, 1.54) is 7.11 Å². The smallest absolute Gasteiger partial charge is 0.308 e. The van der Waals surface area contributed by atoms with Crippen LogP contribution in [0, 0.1) is 5.92 Å². The number of ether oxygens (including phenoxy) is 3. The summed E-state index contributed by atoms with van der Waals surface area (Å²) in [7, 11) is 5.17. The Hall–Kier alpha value is -3.71. The molecular weight excluding hydrogens is 552 g/mol. The first-order chi connectivity index (χ1) is 20.2. The van der Waals surface area contributed by atoms with Crippen molar-refractivity contribution in [1.29, 1.82) is 0 Å². The molecule has 3 aromatic rings. The van der Waals surface area contributed by atoms with Gasteiger partial charge in [0, 0.05) is 29.5 Å². The molecule has 0 unspecified atom stereocenters. The molecule has 1 amide bonds. The van der Waals surface area contributed by atoms with E-state index in [9.17, 15) is 9.59 Å². The summed E-state index contributed by atoms with van der Waals surface area (Å²) in [5.74, 6) is 1.16. The number of methoxy groups -OCH3 is 2. The number of fused-ring (bicyclic) bond motifs is 1. The lowest BCUT2D eigenvalue weighted by molar-refractivity contribution is -0.146. The normalized spacial score (nSPS) is 20.2. The van der Waals surface area contributed by atoms with Crippen LogP contribution in [0.15, 0.2) is 60.7 Å². The van der Waals surface area contributed by atoms with Gasteiger partial charge in [0.05, 0.1) is 38.7 Å². The molecule has 1 aliphatic heterocycles. The number of anilines is 2. The number of halogens is 1. The summed E-state index contributed by atoms with van der Waals surface area (Å²) in [6, 6.07) is 19.8. The maximum absolute atomic E-state index is 13.8. The summed E-state index contributed by atoms with van der Waals surface area (Å²) in [5, 5.41) is 0.638. The topological polar surface area (TPSA) is 68.3 Å². The Bertz CT molecular complexity index is 1420. The Morgan fingerprint density at radius 2 is 1.62 bits per heavy atom. The highest BCUT2D eigenvalue weighted by Gasteiger charge is 2.36. The Balaban J connectivity index is 1.47. The molecule has 0 spiro atoms. The van der Waals surface area contributed by atoms with Gasteiger partial charge in [-0.2, -0.15) is 0 Å². The summed E-state index contributed by atoms with van der Waals surface area (Å²) in [6.45, 7) is 3.96. The molecule has 1 aliphatic carbocycles. The number of nitrogens with zero attached hydrogens (tertiary/aromatic N) is 2. The first-order valence-electron chi connectivity index (χ1n) is 14.6. The van der Waals surface area contributed by atoms with Gasteiger partial charge in [0.1, 0.15) is 0 Å². The fourth-order valence-corrected chi connectivity index (χ4v) is 6.38. The van der Waals surface area contributed by atoms with E-state index < -0.39 is 0 Å². The minimum atomic E-state index is -0.365. The molecule has 0 bridgehead atoms. The molecule has 1 heterocycles. The fourth-order valence-electron chi connectivity index (χ4n) is 6.25. The molecule has 222 valence electrons. The van der Waals surface area contributed by atoms with E-state index in [2.05, 4.69) is 24.1 Å². The van der Waals surface area contributed by atoms with Crippen molar-refractivity contribution >= 4 is 34.9 Å². The predicted molar refractivity (Wildman–Crippen MR) is 166 cm³/mol. The van der Waals surface area contributed by atoms with Crippen LogP contribution in [0.2, 0.25) is 5.02 Å². The second-order valence-electron chi connectivity index (χ2n) is 11.4. The number of carbonyl (C=O) groups is 2. The molecule has 5 rings (SSSR count). The fraction of sp³-hybridized carbons (Fsp3) is 0.412. The summed E-state index contributed by atoms with van der Waals surface area (Å²) in [6.07, 6.45) is 3.75. The Morgan fingerprint density at radius 3 is 2.21 bits per heavy atom. The second kappa shape index (κ2) is 12.7. The van der Waals surface area contributed by atoms with Crippen molar-refractivity contribution in [3.8, 4) is 11.5 Å². The van der Waals surface area contributed by atoms with Crippen LogP contribution in [0.1, 0.15) is 62.3 Å². The number of hydrogen-bond donors (Lipinski definition) is 0. The van der Waals surface area contributed by atoms with Gasteiger partial charge in [-0.25, -0.2) is 0 Å². The molecule has 1 fully saturated rings. The van der Waals surface area contributed by atoms with Gasteiger partial charge in [-0.3, -0.25) is 9.59 Å². The lowest BCUT2D eigenvalue weighted by Crippen LogP contribution is -2.41. The number of benzene rings is 3. The molecule has 0 saturated heterocycles. The van der Waals surface area contributed by atoms with Gasteiger partial charge in [-0.05, 0) is 105 Å². The maximum Gasteiger partial charge on any atom is 0.308 e. The summed E-state index contributed by atoms with van der Waals surface area (Å²) >= 11 is 6.25. The third-order valence-electron chi connectivity index (χ3n) is 8.45. The summed E-state index contributed by atoms with van der Waals surface area (Å²) < 4.78 is 16.7. The number of carbonyl (C=O) groups excluding carboxylic acids is 2. The molecular formula is C34H39ClN2O5. The summed E-state index contributed by atoms with van der Waals surface area (Å²) in [5.41, 5.74) is 4.77. The highest BCUT2D eigenvalue weighted by atomic mass is 35.5. The molecule has 3 aromatic carbocycles. The molecule has 1 atom stereocenters. The van der Waals surface area contributed by atoms with Crippen LogP contribution in [0.4, 0.5) is 11.4 Å². The molecule has 42 heavy (non-hydrogen) atoms. The standard InChI is InChI=1S/C34H39ClN2O5/c1-21(2)42-31-20-29-24(18-30(31)40-4)19-32(38)37(33(29)22-6-10-25(35)11-7-22)28-16-14-27(15-17-28)36(3)26-12-8-23(9-13-26)34(39)41-5/h6-7,10-11,14-18,20-21,23,26,33H,8-9,12-13,19H2,1-5H3/t23?,26?,33-/m0/s1. The average molecular weight is 591 g/mol. The van der Waals surface area contributed by atoms with Crippen molar-refractivity contribution in [1.82, 2.24) is 0 Å². The Morgan fingerprint density at radius 1 is 0.952 bits per heavy atom. The maximum atomic E-state index is 13.8. The van der Waals surface area contributed by atoms with Crippen LogP contribution in [0.5, 0.6) is 11.5 Å². The van der Waals surface area contributed by atoms with Crippen LogP contribution >= 0.6 is 11.6 Å². The van der Waals surface area contributed by atoms with Gasteiger partial charge in [-0.1, -0.05) is 23.7 Å². The van der Waals surface area contributed by atoms with Crippen molar-refractivity contribution in [3.05, 3.63) is 82.4 Å². The van der Waals surface area contributed by atoms with Crippen molar-refractivity contribution in [2.75, 3.05) is 31.1 Å². The first kappa shape index (κ1) is 29.8. The van der Waals surface area contributed by atoms with E-state index in [1.54, 1.807) is 7.11 Å². The van der Waals surface area contributed by atoms with Gasteiger partial charge in [0.25, 0.3) is 0 Å². The Labute approximate surface area is 253 Å². The zero-order valence-corrected chi connectivity index (χ0v) is 25.7. The minimum Gasteiger partial charge on any atom is -0.493 e. The highest BCUT2D eigenvalue weighted by Crippen LogP contribution is 2.44. The van der Waals surface area contributed by atoms with Crippen LogP contribution < -0.4 is 19.3 Å². The second-order valence-corrected chi connectivity index (χ2v) is 11.9. The van der Waals surface area contributed by atoms with Gasteiger partial charge >= 0.3 is 5.97 Å². The number of esters is 1. The SMILES string of the molecule is COC(=O)C1CCC(N(C)c2ccc(N3C(=O)Cc4cc(OC)c(OC(C)C)cc4[C@@H]3c3ccc(Cl)cc3)cc2)CC1. The van der Waals surface area contributed by atoms with Gasteiger partial charge in [-0.15, -0.1) is 0 Å². The predicted octanol–water partition coefficient (Wildman–Crippen LogP) is 6.98. The number of amides is 1. The molecule has 8 heteroatoms. The zero-order chi connectivity index (χ0) is 30.0. The van der Waals surface area contributed by atoms with Crippen molar-refractivity contribution in [2.24, 2.45) is 5.92 Å². The van der Waals surface area contributed by atoms with E-state index in [4.69, 9.17) is 25.8 Å². The van der Waals surface area contributed by atoms with Crippen LogP contribution in [0.3, 0.4) is 0 Å². The van der Waals surface area contributed by atoms with Crippen molar-refractivity contribution < 1.29 is 23.8 Å². The lowest BCUT2D eigenvalue weighted by Gasteiger charge is -2.39. The quantitative estimate of drug-likeness (QED) is 0.264. The zero-order valence-electron chi connectivity index (χ0n) is 24.9. The number of rotatable bonds is 8. The van der Waals surface area contributed by atoms with Crippen molar-refractivity contribution in [3.63, 3.8) is 0 Å². The van der Waals surface area contributed by atoms with E-state index >= 15 is 0 Å². The third-order valence-corrected chi connectivity index (χ3v) is 8.70. The van der Waals surface area contributed by atoms with E-state index in [-0.39, 0.29) is 36.4 Å². The summed E-state index contributed by atoms with van der Waals surface area (Å²) in [4.78, 5) is 29.9.